The Morgan fingerprint density at radius 2 is 2.25 bits per heavy atom. The summed E-state index contributed by atoms with van der Waals surface area (Å²) in [5, 5.41) is 0. The summed E-state index contributed by atoms with van der Waals surface area (Å²) in [4.78, 5) is 2.51. The van der Waals surface area contributed by atoms with E-state index in [0.717, 1.165) is 24.5 Å². The Morgan fingerprint density at radius 3 is 3.00 bits per heavy atom. The average molecular weight is 218 g/mol. The minimum absolute atomic E-state index is 0.649. The van der Waals surface area contributed by atoms with E-state index in [1.165, 1.54) is 31.6 Å². The Bertz CT molecular complexity index is 388. The SMILES string of the molecule is Nc1ccc2c(c1)OCC(CN1CCC1)C2. The van der Waals surface area contributed by atoms with Crippen LogP contribution in [0.2, 0.25) is 0 Å². The first kappa shape index (κ1) is 9.97. The van der Waals surface area contributed by atoms with Gasteiger partial charge in [-0.15, -0.1) is 0 Å². The van der Waals surface area contributed by atoms with Crippen LogP contribution in [0.4, 0.5) is 5.69 Å². The van der Waals surface area contributed by atoms with E-state index in [1.807, 2.05) is 12.1 Å². The lowest BCUT2D eigenvalue weighted by Crippen LogP contribution is -2.42. The summed E-state index contributed by atoms with van der Waals surface area (Å²) in [6.45, 7) is 4.56. The van der Waals surface area contributed by atoms with Crippen molar-refractivity contribution in [2.75, 3.05) is 32.0 Å². The molecule has 0 aromatic heterocycles. The van der Waals surface area contributed by atoms with Crippen molar-refractivity contribution < 1.29 is 4.74 Å². The van der Waals surface area contributed by atoms with E-state index in [1.54, 1.807) is 0 Å². The first-order valence-corrected chi connectivity index (χ1v) is 6.05. The van der Waals surface area contributed by atoms with Gasteiger partial charge in [0.1, 0.15) is 5.75 Å². The second-order valence-electron chi connectivity index (χ2n) is 4.90. The van der Waals surface area contributed by atoms with Crippen LogP contribution in [0, 0.1) is 5.92 Å². The summed E-state index contributed by atoms with van der Waals surface area (Å²) in [6.07, 6.45) is 2.49. The number of anilines is 1. The van der Waals surface area contributed by atoms with Crippen LogP contribution in [0.1, 0.15) is 12.0 Å². The minimum Gasteiger partial charge on any atom is -0.493 e. The molecule has 1 aromatic rings. The third kappa shape index (κ3) is 1.87. The molecule has 3 rings (SSSR count). The molecule has 0 radical (unpaired) electrons. The number of likely N-dealkylation sites (tertiary alicyclic amines) is 1. The van der Waals surface area contributed by atoms with Crippen molar-refractivity contribution >= 4 is 5.69 Å². The Kier molecular flexibility index (Phi) is 2.48. The molecular weight excluding hydrogens is 200 g/mol. The highest BCUT2D eigenvalue weighted by Crippen LogP contribution is 2.29. The number of fused-ring (bicyclic) bond motifs is 1. The van der Waals surface area contributed by atoms with Crippen molar-refractivity contribution in [2.45, 2.75) is 12.8 Å². The summed E-state index contributed by atoms with van der Waals surface area (Å²) in [5.74, 6) is 1.64. The zero-order valence-electron chi connectivity index (χ0n) is 9.48. The number of nitrogens with zero attached hydrogens (tertiary/aromatic N) is 1. The maximum atomic E-state index is 5.78. The van der Waals surface area contributed by atoms with Gasteiger partial charge in [-0.3, -0.25) is 0 Å². The highest BCUT2D eigenvalue weighted by molar-refractivity contribution is 5.49. The van der Waals surface area contributed by atoms with Gasteiger partial charge in [0.05, 0.1) is 6.61 Å². The van der Waals surface area contributed by atoms with Gasteiger partial charge >= 0.3 is 0 Å². The molecule has 1 fully saturated rings. The van der Waals surface area contributed by atoms with Gasteiger partial charge in [0, 0.05) is 24.2 Å². The molecule has 16 heavy (non-hydrogen) atoms. The van der Waals surface area contributed by atoms with Crippen LogP contribution in [0.15, 0.2) is 18.2 Å². The predicted octanol–water partition coefficient (Wildman–Crippen LogP) is 1.53. The van der Waals surface area contributed by atoms with Crippen molar-refractivity contribution in [1.82, 2.24) is 4.90 Å². The van der Waals surface area contributed by atoms with Crippen LogP contribution in [-0.2, 0) is 6.42 Å². The number of rotatable bonds is 2. The van der Waals surface area contributed by atoms with Gasteiger partial charge in [-0.2, -0.15) is 0 Å². The van der Waals surface area contributed by atoms with Crippen LogP contribution in [-0.4, -0.2) is 31.1 Å². The smallest absolute Gasteiger partial charge is 0.124 e. The molecule has 0 saturated carbocycles. The lowest BCUT2D eigenvalue weighted by atomic mass is 9.95. The zero-order chi connectivity index (χ0) is 11.0. The van der Waals surface area contributed by atoms with Gasteiger partial charge in [-0.1, -0.05) is 6.07 Å². The molecule has 0 amide bonds. The molecule has 1 unspecified atom stereocenters. The predicted molar refractivity (Wildman–Crippen MR) is 64.6 cm³/mol. The quantitative estimate of drug-likeness (QED) is 0.765. The summed E-state index contributed by atoms with van der Waals surface area (Å²) in [7, 11) is 0. The fraction of sp³-hybridized carbons (Fsp3) is 0.538. The largest absolute Gasteiger partial charge is 0.493 e. The topological polar surface area (TPSA) is 38.5 Å². The first-order valence-electron chi connectivity index (χ1n) is 6.05. The van der Waals surface area contributed by atoms with E-state index in [-0.39, 0.29) is 0 Å². The van der Waals surface area contributed by atoms with E-state index in [9.17, 15) is 0 Å². The highest BCUT2D eigenvalue weighted by atomic mass is 16.5. The molecule has 1 atom stereocenters. The number of benzene rings is 1. The molecule has 86 valence electrons. The molecule has 3 heteroatoms. The number of hydrogen-bond acceptors (Lipinski definition) is 3. The fourth-order valence-electron chi connectivity index (χ4n) is 2.50. The first-order chi connectivity index (χ1) is 7.81. The molecule has 2 heterocycles. The van der Waals surface area contributed by atoms with Gasteiger partial charge in [0.15, 0.2) is 0 Å². The third-order valence-electron chi connectivity index (χ3n) is 3.54. The molecule has 2 aliphatic heterocycles. The Morgan fingerprint density at radius 1 is 1.38 bits per heavy atom. The van der Waals surface area contributed by atoms with Gasteiger partial charge in [0.2, 0.25) is 0 Å². The lowest BCUT2D eigenvalue weighted by Gasteiger charge is -2.35. The molecule has 1 aromatic carbocycles. The van der Waals surface area contributed by atoms with Crippen molar-refractivity contribution in [1.29, 1.82) is 0 Å². The van der Waals surface area contributed by atoms with Gasteiger partial charge in [-0.25, -0.2) is 0 Å². The zero-order valence-corrected chi connectivity index (χ0v) is 9.48. The molecule has 0 spiro atoms. The monoisotopic (exact) mass is 218 g/mol. The molecular formula is C13H18N2O. The van der Waals surface area contributed by atoms with Gasteiger partial charge in [0.25, 0.3) is 0 Å². The maximum absolute atomic E-state index is 5.78. The fourth-order valence-corrected chi connectivity index (χ4v) is 2.50. The van der Waals surface area contributed by atoms with Gasteiger partial charge < -0.3 is 15.4 Å². The molecule has 2 N–H and O–H groups in total. The number of ether oxygens (including phenoxy) is 1. The van der Waals surface area contributed by atoms with Crippen molar-refractivity contribution in [3.63, 3.8) is 0 Å². The van der Waals surface area contributed by atoms with Crippen LogP contribution >= 0.6 is 0 Å². The van der Waals surface area contributed by atoms with Crippen LogP contribution in [0.25, 0.3) is 0 Å². The summed E-state index contributed by atoms with van der Waals surface area (Å²) >= 11 is 0. The molecule has 2 aliphatic rings. The minimum atomic E-state index is 0.649. The van der Waals surface area contributed by atoms with E-state index in [4.69, 9.17) is 10.5 Å². The van der Waals surface area contributed by atoms with Crippen molar-refractivity contribution in [3.8, 4) is 5.75 Å². The van der Waals surface area contributed by atoms with E-state index in [0.29, 0.717) is 5.92 Å². The molecule has 3 nitrogen and oxygen atoms in total. The molecule has 0 bridgehead atoms. The van der Waals surface area contributed by atoms with Crippen molar-refractivity contribution in [3.05, 3.63) is 23.8 Å². The average Bonchev–Trinajstić information content (AvgIpc) is 2.23. The van der Waals surface area contributed by atoms with Crippen LogP contribution in [0.3, 0.4) is 0 Å². The van der Waals surface area contributed by atoms with Crippen LogP contribution in [0.5, 0.6) is 5.75 Å². The van der Waals surface area contributed by atoms with Crippen LogP contribution < -0.4 is 10.5 Å². The maximum Gasteiger partial charge on any atom is 0.124 e. The lowest BCUT2D eigenvalue weighted by molar-refractivity contribution is 0.116. The summed E-state index contributed by atoms with van der Waals surface area (Å²) in [5.41, 5.74) is 7.84. The third-order valence-corrected chi connectivity index (χ3v) is 3.54. The highest BCUT2D eigenvalue weighted by Gasteiger charge is 2.24. The van der Waals surface area contributed by atoms with Gasteiger partial charge in [-0.05, 0) is 37.6 Å². The van der Waals surface area contributed by atoms with E-state index < -0.39 is 0 Å². The number of nitrogens with two attached hydrogens (primary N) is 1. The summed E-state index contributed by atoms with van der Waals surface area (Å²) in [6, 6.07) is 6.01. The standard InChI is InChI=1S/C13H18N2O/c14-12-3-2-11-6-10(8-15-4-1-5-15)9-16-13(11)7-12/h2-3,7,10H,1,4-6,8-9,14H2. The molecule has 1 saturated heterocycles. The second-order valence-corrected chi connectivity index (χ2v) is 4.90. The Balaban J connectivity index is 1.68. The summed E-state index contributed by atoms with van der Waals surface area (Å²) < 4.78 is 5.78. The number of nitrogen functional groups attached to an aromatic ring is 1. The van der Waals surface area contributed by atoms with E-state index in [2.05, 4.69) is 11.0 Å². The number of hydrogen-bond donors (Lipinski definition) is 1. The normalized spacial score (nSPS) is 24.4. The second kappa shape index (κ2) is 3.98. The van der Waals surface area contributed by atoms with E-state index >= 15 is 0 Å². The Hall–Kier alpha value is -1.22. The Labute approximate surface area is 96.2 Å². The van der Waals surface area contributed by atoms with Crippen molar-refractivity contribution in [2.24, 2.45) is 5.92 Å². The molecule has 0 aliphatic carbocycles.